The van der Waals surface area contributed by atoms with E-state index in [9.17, 15) is 9.90 Å². The van der Waals surface area contributed by atoms with Gasteiger partial charge in [-0.3, -0.25) is 15.0 Å². The Labute approximate surface area is 160 Å². The highest BCUT2D eigenvalue weighted by molar-refractivity contribution is 6.06. The van der Waals surface area contributed by atoms with E-state index in [1.54, 1.807) is 6.92 Å². The van der Waals surface area contributed by atoms with E-state index in [1.165, 1.54) is 10.5 Å². The number of allylic oxidation sites excluding steroid dienone is 2. The molecule has 1 aromatic carbocycles. The predicted molar refractivity (Wildman–Crippen MR) is 107 cm³/mol. The number of nitrogens with zero attached hydrogens (tertiary/aromatic N) is 2. The highest BCUT2D eigenvalue weighted by atomic mass is 16.3. The van der Waals surface area contributed by atoms with E-state index in [0.29, 0.717) is 13.1 Å². The van der Waals surface area contributed by atoms with Crippen molar-refractivity contribution < 1.29 is 9.90 Å². The molecule has 4 N–H and O–H groups in total. The summed E-state index contributed by atoms with van der Waals surface area (Å²) in [6.45, 7) is 4.77. The third kappa shape index (κ3) is 4.64. The van der Waals surface area contributed by atoms with Gasteiger partial charge in [0, 0.05) is 13.0 Å². The second kappa shape index (κ2) is 8.06. The Bertz CT molecular complexity index is 785. The van der Waals surface area contributed by atoms with Gasteiger partial charge in [0.1, 0.15) is 11.8 Å². The molecular weight excluding hydrogens is 340 g/mol. The summed E-state index contributed by atoms with van der Waals surface area (Å²) in [5.41, 5.74) is 8.44. The summed E-state index contributed by atoms with van der Waals surface area (Å²) < 4.78 is 0. The first-order valence-corrected chi connectivity index (χ1v) is 9.36. The zero-order valence-electron chi connectivity index (χ0n) is 16.0. The first-order valence-electron chi connectivity index (χ1n) is 9.36. The van der Waals surface area contributed by atoms with Crippen LogP contribution in [0.2, 0.25) is 0 Å². The van der Waals surface area contributed by atoms with Gasteiger partial charge < -0.3 is 10.8 Å². The normalized spacial score (nSPS) is 23.7. The molecular formula is C21H28N4O2. The number of carbonyl (C=O) groups excluding carboxylic acids is 1. The topological polar surface area (TPSA) is 91.0 Å². The smallest absolute Gasteiger partial charge is 0.257 e. The molecule has 0 aromatic heterocycles. The molecule has 2 unspecified atom stereocenters. The highest BCUT2D eigenvalue weighted by Crippen LogP contribution is 2.28. The minimum Gasteiger partial charge on any atom is -0.378 e. The van der Waals surface area contributed by atoms with Crippen molar-refractivity contribution in [1.82, 2.24) is 10.2 Å². The molecule has 0 saturated carbocycles. The van der Waals surface area contributed by atoms with Crippen LogP contribution in [0, 0.1) is 0 Å². The summed E-state index contributed by atoms with van der Waals surface area (Å²) in [6, 6.07) is 9.80. The molecule has 1 aliphatic heterocycles. The number of guanidine groups is 1. The molecule has 1 amide bonds. The number of aliphatic hydroxyl groups excluding tert-OH is 1. The van der Waals surface area contributed by atoms with Crippen LogP contribution in [0.5, 0.6) is 0 Å². The Hall–Kier alpha value is -2.44. The molecule has 27 heavy (non-hydrogen) atoms. The monoisotopic (exact) mass is 368 g/mol. The quantitative estimate of drug-likeness (QED) is 0.643. The van der Waals surface area contributed by atoms with Crippen LogP contribution in [0.25, 0.3) is 0 Å². The van der Waals surface area contributed by atoms with Gasteiger partial charge in [-0.1, -0.05) is 48.1 Å². The Morgan fingerprint density at radius 2 is 2.11 bits per heavy atom. The molecule has 0 radical (unpaired) electrons. The van der Waals surface area contributed by atoms with Gasteiger partial charge in [-0.05, 0) is 37.8 Å². The van der Waals surface area contributed by atoms with Gasteiger partial charge in [0.15, 0.2) is 5.96 Å². The predicted octanol–water partition coefficient (Wildman–Crippen LogP) is 2.07. The second-order valence-corrected chi connectivity index (χ2v) is 7.53. The summed E-state index contributed by atoms with van der Waals surface area (Å²) in [5, 5.41) is 13.4. The van der Waals surface area contributed by atoms with Crippen LogP contribution in [0.4, 0.5) is 0 Å². The van der Waals surface area contributed by atoms with Gasteiger partial charge in [-0.25, -0.2) is 4.99 Å². The maximum absolute atomic E-state index is 12.9. The SMILES string of the molecule is CC1=CC(CN2C(=O)C(C)(CC(O)NCc3ccccc3)N=C2N)=CCC1. The molecule has 1 aliphatic carbocycles. The number of aliphatic imine (C=N–C) groups is 1. The summed E-state index contributed by atoms with van der Waals surface area (Å²) in [4.78, 5) is 18.9. The number of hydrogen-bond acceptors (Lipinski definition) is 5. The van der Waals surface area contributed by atoms with Crippen LogP contribution in [-0.2, 0) is 11.3 Å². The first kappa shape index (κ1) is 19.3. The average Bonchev–Trinajstić information content (AvgIpc) is 2.84. The lowest BCUT2D eigenvalue weighted by Gasteiger charge is -2.25. The largest absolute Gasteiger partial charge is 0.378 e. The number of nitrogens with two attached hydrogens (primary N) is 1. The van der Waals surface area contributed by atoms with E-state index in [4.69, 9.17) is 5.73 Å². The van der Waals surface area contributed by atoms with E-state index in [2.05, 4.69) is 29.4 Å². The van der Waals surface area contributed by atoms with E-state index in [0.717, 1.165) is 24.0 Å². The fourth-order valence-corrected chi connectivity index (χ4v) is 3.55. The molecule has 2 atom stereocenters. The number of aliphatic hydroxyl groups is 1. The fourth-order valence-electron chi connectivity index (χ4n) is 3.55. The van der Waals surface area contributed by atoms with Crippen LogP contribution in [0.1, 0.15) is 38.7 Å². The highest BCUT2D eigenvalue weighted by Gasteiger charge is 2.45. The van der Waals surface area contributed by atoms with E-state index >= 15 is 0 Å². The number of benzene rings is 1. The van der Waals surface area contributed by atoms with Crippen molar-refractivity contribution in [3.63, 3.8) is 0 Å². The van der Waals surface area contributed by atoms with E-state index < -0.39 is 11.8 Å². The van der Waals surface area contributed by atoms with Crippen LogP contribution in [-0.4, -0.2) is 40.2 Å². The molecule has 2 aliphatic rings. The third-order valence-electron chi connectivity index (χ3n) is 5.04. The first-order chi connectivity index (χ1) is 12.9. The number of rotatable bonds is 7. The third-order valence-corrected chi connectivity index (χ3v) is 5.04. The van der Waals surface area contributed by atoms with Gasteiger partial charge in [-0.2, -0.15) is 0 Å². The molecule has 6 heteroatoms. The van der Waals surface area contributed by atoms with Gasteiger partial charge in [-0.15, -0.1) is 0 Å². The Morgan fingerprint density at radius 3 is 2.81 bits per heavy atom. The van der Waals surface area contributed by atoms with Gasteiger partial charge in [0.2, 0.25) is 0 Å². The minimum absolute atomic E-state index is 0.168. The maximum Gasteiger partial charge on any atom is 0.257 e. The lowest BCUT2D eigenvalue weighted by atomic mass is 9.96. The average molecular weight is 368 g/mol. The zero-order chi connectivity index (χ0) is 19.4. The molecule has 6 nitrogen and oxygen atoms in total. The lowest BCUT2D eigenvalue weighted by molar-refractivity contribution is -0.131. The van der Waals surface area contributed by atoms with Crippen LogP contribution in [0.3, 0.4) is 0 Å². The van der Waals surface area contributed by atoms with Crippen molar-refractivity contribution in [2.24, 2.45) is 10.7 Å². The maximum atomic E-state index is 12.9. The molecule has 144 valence electrons. The fraction of sp³-hybridized carbons (Fsp3) is 0.429. The standard InChI is InChI=1S/C21H28N4O2/c1-15-7-6-10-17(11-15)14-25-19(27)21(2,24-20(25)22)12-18(26)23-13-16-8-4-3-5-9-16/h3-5,8-11,18,23,26H,6-7,12-14H2,1-2H3,(H2,22,24). The zero-order valence-corrected chi connectivity index (χ0v) is 16.0. The molecule has 0 bridgehead atoms. The van der Waals surface area contributed by atoms with Crippen molar-refractivity contribution in [2.45, 2.75) is 51.4 Å². The van der Waals surface area contributed by atoms with Crippen molar-refractivity contribution in [2.75, 3.05) is 6.54 Å². The minimum atomic E-state index is -1.05. The summed E-state index contributed by atoms with van der Waals surface area (Å²) in [5.74, 6) is 0.0494. The molecule has 0 spiro atoms. The second-order valence-electron chi connectivity index (χ2n) is 7.53. The number of nitrogens with one attached hydrogen (secondary N) is 1. The number of hydrogen-bond donors (Lipinski definition) is 3. The lowest BCUT2D eigenvalue weighted by Crippen LogP contribution is -2.46. The number of carbonyl (C=O) groups is 1. The van der Waals surface area contributed by atoms with Gasteiger partial charge in [0.25, 0.3) is 5.91 Å². The van der Waals surface area contributed by atoms with Gasteiger partial charge >= 0.3 is 0 Å². The Morgan fingerprint density at radius 1 is 1.37 bits per heavy atom. The van der Waals surface area contributed by atoms with E-state index in [-0.39, 0.29) is 18.3 Å². The molecule has 0 fully saturated rings. The van der Waals surface area contributed by atoms with Crippen molar-refractivity contribution in [1.29, 1.82) is 0 Å². The van der Waals surface area contributed by atoms with Crippen molar-refractivity contribution in [3.05, 3.63) is 59.2 Å². The summed E-state index contributed by atoms with van der Waals surface area (Å²) >= 11 is 0. The van der Waals surface area contributed by atoms with Crippen LogP contribution in [0.15, 0.2) is 58.6 Å². The summed E-state index contributed by atoms with van der Waals surface area (Å²) in [7, 11) is 0. The molecule has 0 saturated heterocycles. The number of amides is 1. The molecule has 1 aromatic rings. The Kier molecular flexibility index (Phi) is 5.77. The van der Waals surface area contributed by atoms with E-state index in [1.807, 2.05) is 30.3 Å². The van der Waals surface area contributed by atoms with Crippen molar-refractivity contribution in [3.8, 4) is 0 Å². The molecule has 1 heterocycles. The molecule has 3 rings (SSSR count). The van der Waals surface area contributed by atoms with Crippen LogP contribution < -0.4 is 11.1 Å². The summed E-state index contributed by atoms with van der Waals surface area (Å²) in [6.07, 6.45) is 5.60. The van der Waals surface area contributed by atoms with Gasteiger partial charge in [0.05, 0.1) is 6.54 Å². The van der Waals surface area contributed by atoms with Crippen molar-refractivity contribution >= 4 is 11.9 Å². The van der Waals surface area contributed by atoms with Crippen LogP contribution >= 0.6 is 0 Å². The Balaban J connectivity index is 1.60.